The summed E-state index contributed by atoms with van der Waals surface area (Å²) in [7, 11) is 0. The number of esters is 3. The summed E-state index contributed by atoms with van der Waals surface area (Å²) in [6.45, 7) is 0.290. The molecule has 0 unspecified atom stereocenters. The molecule has 0 saturated heterocycles. The Morgan fingerprint density at radius 2 is 1.06 bits per heavy atom. The molecule has 2 aliphatic heterocycles. The van der Waals surface area contributed by atoms with Crippen LogP contribution in [-0.4, -0.2) is 17.9 Å². The molecule has 0 aliphatic carbocycles. The molecule has 3 aromatic rings. The zero-order valence-electron chi connectivity index (χ0n) is 16.0. The summed E-state index contributed by atoms with van der Waals surface area (Å²) in [6, 6.07) is 17.7. The third-order valence-corrected chi connectivity index (χ3v) is 4.92. The second-order valence-electron chi connectivity index (χ2n) is 6.96. The molecule has 0 atom stereocenters. The minimum Gasteiger partial charge on any atom is -0.457 e. The van der Waals surface area contributed by atoms with E-state index in [0.29, 0.717) is 17.7 Å². The fourth-order valence-corrected chi connectivity index (χ4v) is 3.30. The van der Waals surface area contributed by atoms with Crippen molar-refractivity contribution in [3.05, 3.63) is 105 Å². The van der Waals surface area contributed by atoms with E-state index in [1.165, 1.54) is 0 Å². The lowest BCUT2D eigenvalue weighted by Gasteiger charge is -1.96. The number of cyclic esters (lactones) is 3. The smallest absolute Gasteiger partial charge is 0.346 e. The molecule has 146 valence electrons. The molecule has 31 heavy (non-hydrogen) atoms. The molecule has 0 amide bonds. The van der Waals surface area contributed by atoms with E-state index in [-0.39, 0.29) is 17.1 Å². The first kappa shape index (κ1) is 18.4. The number of hydrogen-bond donors (Lipinski definition) is 0. The molecule has 5 heteroatoms. The molecule has 0 saturated carbocycles. The summed E-state index contributed by atoms with van der Waals surface area (Å²) in [4.78, 5) is 34.7. The average molecular weight is 404 g/mol. The molecular weight excluding hydrogens is 392 g/mol. The number of benzene rings is 3. The zero-order valence-corrected chi connectivity index (χ0v) is 16.0. The van der Waals surface area contributed by atoms with Crippen LogP contribution in [0.4, 0.5) is 0 Å². The second kappa shape index (κ2) is 7.33. The number of hydrogen-bond acceptors (Lipinski definition) is 5. The molecule has 5 rings (SSSR count). The molecule has 0 fully saturated rings. The average Bonchev–Trinajstić information content (AvgIpc) is 3.30. The maximum atomic E-state index is 11.6. The van der Waals surface area contributed by atoms with E-state index in [1.807, 2.05) is 30.3 Å². The number of ether oxygens (including phenoxy) is 2. The quantitative estimate of drug-likeness (QED) is 0.326. The summed E-state index contributed by atoms with van der Waals surface area (Å²) in [5, 5.41) is 0. The molecule has 5 nitrogen and oxygen atoms in total. The molecular formula is C26H12O5. The van der Waals surface area contributed by atoms with Crippen LogP contribution in [0, 0.1) is 23.7 Å². The van der Waals surface area contributed by atoms with Gasteiger partial charge in [-0.15, -0.1) is 0 Å². The van der Waals surface area contributed by atoms with E-state index in [4.69, 9.17) is 4.74 Å². The number of carbonyl (C=O) groups is 3. The van der Waals surface area contributed by atoms with Crippen molar-refractivity contribution in [2.75, 3.05) is 0 Å². The van der Waals surface area contributed by atoms with E-state index >= 15 is 0 Å². The van der Waals surface area contributed by atoms with Gasteiger partial charge in [0.2, 0.25) is 0 Å². The van der Waals surface area contributed by atoms with Gasteiger partial charge in [-0.1, -0.05) is 23.7 Å². The Kier molecular flexibility index (Phi) is 4.36. The highest BCUT2D eigenvalue weighted by molar-refractivity contribution is 6.14. The van der Waals surface area contributed by atoms with Crippen LogP contribution in [0.3, 0.4) is 0 Å². The third-order valence-electron chi connectivity index (χ3n) is 4.92. The highest BCUT2D eigenvalue weighted by Crippen LogP contribution is 2.21. The lowest BCUT2D eigenvalue weighted by molar-refractivity contribution is 0.0442. The van der Waals surface area contributed by atoms with Gasteiger partial charge in [0.1, 0.15) is 6.61 Å². The first-order valence-electron chi connectivity index (χ1n) is 9.41. The topological polar surface area (TPSA) is 69.7 Å². The first-order valence-corrected chi connectivity index (χ1v) is 9.41. The third kappa shape index (κ3) is 3.57. The van der Waals surface area contributed by atoms with Crippen molar-refractivity contribution in [3.63, 3.8) is 0 Å². The van der Waals surface area contributed by atoms with E-state index in [9.17, 15) is 14.4 Å². The number of fused-ring (bicyclic) bond motifs is 2. The van der Waals surface area contributed by atoms with Gasteiger partial charge in [0.15, 0.2) is 0 Å². The van der Waals surface area contributed by atoms with Crippen molar-refractivity contribution in [1.82, 2.24) is 0 Å². The maximum Gasteiger partial charge on any atom is 0.346 e. The van der Waals surface area contributed by atoms with Crippen LogP contribution in [-0.2, 0) is 16.1 Å². The standard InChI is InChI=1S/C26H12O5/c27-24-21-11-9-18(13-20(21)15-30-24)7-5-16-1-3-17(4-2-16)6-8-19-10-12-22-23(14-19)26(29)31-25(22)28/h1-4,9-14H,15H2. The fourth-order valence-electron chi connectivity index (χ4n) is 3.30. The van der Waals surface area contributed by atoms with Crippen molar-refractivity contribution in [3.8, 4) is 23.7 Å². The molecule has 2 heterocycles. The summed E-state index contributed by atoms with van der Waals surface area (Å²) in [5.74, 6) is 10.6. The van der Waals surface area contributed by atoms with Crippen LogP contribution in [0.15, 0.2) is 60.7 Å². The van der Waals surface area contributed by atoms with E-state index < -0.39 is 11.9 Å². The van der Waals surface area contributed by atoms with Crippen molar-refractivity contribution in [2.24, 2.45) is 0 Å². The van der Waals surface area contributed by atoms with Gasteiger partial charge < -0.3 is 9.47 Å². The van der Waals surface area contributed by atoms with Crippen molar-refractivity contribution in [1.29, 1.82) is 0 Å². The van der Waals surface area contributed by atoms with Crippen LogP contribution in [0.2, 0.25) is 0 Å². The van der Waals surface area contributed by atoms with Gasteiger partial charge in [-0.25, -0.2) is 14.4 Å². The lowest BCUT2D eigenvalue weighted by atomic mass is 10.1. The fraction of sp³-hybridized carbons (Fsp3) is 0.0385. The summed E-state index contributed by atoms with van der Waals surface area (Å²) >= 11 is 0. The summed E-state index contributed by atoms with van der Waals surface area (Å²) < 4.78 is 9.59. The number of rotatable bonds is 0. The molecule has 2 aliphatic rings. The highest BCUT2D eigenvalue weighted by Gasteiger charge is 2.29. The van der Waals surface area contributed by atoms with Crippen LogP contribution in [0.25, 0.3) is 0 Å². The lowest BCUT2D eigenvalue weighted by Crippen LogP contribution is -1.96. The minimum absolute atomic E-state index is 0.241. The Morgan fingerprint density at radius 3 is 1.74 bits per heavy atom. The van der Waals surface area contributed by atoms with Gasteiger partial charge in [-0.05, 0) is 60.7 Å². The Hall–Kier alpha value is -4.61. The van der Waals surface area contributed by atoms with Crippen molar-refractivity contribution < 1.29 is 23.9 Å². The summed E-state index contributed by atoms with van der Waals surface area (Å²) in [6.07, 6.45) is 0. The van der Waals surface area contributed by atoms with E-state index in [0.717, 1.165) is 22.3 Å². The molecule has 0 aromatic heterocycles. The van der Waals surface area contributed by atoms with Crippen LogP contribution in [0.5, 0.6) is 0 Å². The van der Waals surface area contributed by atoms with Crippen LogP contribution >= 0.6 is 0 Å². The van der Waals surface area contributed by atoms with Gasteiger partial charge in [-0.2, -0.15) is 0 Å². The maximum absolute atomic E-state index is 11.6. The van der Waals surface area contributed by atoms with Gasteiger partial charge >= 0.3 is 17.9 Å². The number of carbonyl (C=O) groups excluding carboxylic acids is 3. The highest BCUT2D eigenvalue weighted by atomic mass is 16.6. The van der Waals surface area contributed by atoms with Gasteiger partial charge in [0, 0.05) is 27.8 Å². The predicted octanol–water partition coefficient (Wildman–Crippen LogP) is 3.47. The SMILES string of the molecule is O=C1OCc2cc(C#Cc3ccc(C#Cc4ccc5c(c4)C(=O)OC5=O)cc3)ccc21. The van der Waals surface area contributed by atoms with Crippen molar-refractivity contribution in [2.45, 2.75) is 6.61 Å². The summed E-state index contributed by atoms with van der Waals surface area (Å²) in [5.41, 5.74) is 5.01. The molecule has 0 spiro atoms. The Bertz CT molecular complexity index is 1410. The van der Waals surface area contributed by atoms with Crippen LogP contribution in [0.1, 0.15) is 58.9 Å². The van der Waals surface area contributed by atoms with Gasteiger partial charge in [-0.3, -0.25) is 0 Å². The first-order chi connectivity index (χ1) is 15.1. The van der Waals surface area contributed by atoms with Crippen molar-refractivity contribution >= 4 is 17.9 Å². The van der Waals surface area contributed by atoms with E-state index in [2.05, 4.69) is 28.4 Å². The molecule has 0 N–H and O–H groups in total. The molecule has 0 bridgehead atoms. The monoisotopic (exact) mass is 404 g/mol. The predicted molar refractivity (Wildman–Crippen MR) is 110 cm³/mol. The van der Waals surface area contributed by atoms with E-state index in [1.54, 1.807) is 30.3 Å². The minimum atomic E-state index is -0.644. The largest absolute Gasteiger partial charge is 0.457 e. The van der Waals surface area contributed by atoms with Crippen LogP contribution < -0.4 is 0 Å². The van der Waals surface area contributed by atoms with Gasteiger partial charge in [0.05, 0.1) is 16.7 Å². The Morgan fingerprint density at radius 1 is 0.548 bits per heavy atom. The zero-order chi connectivity index (χ0) is 21.4. The second-order valence-corrected chi connectivity index (χ2v) is 6.96. The van der Waals surface area contributed by atoms with Gasteiger partial charge in [0.25, 0.3) is 0 Å². The normalized spacial score (nSPS) is 13.2. The molecule has 3 aromatic carbocycles. The Balaban J connectivity index is 1.32. The Labute approximate surface area is 177 Å². The molecule has 0 radical (unpaired) electrons.